The highest BCUT2D eigenvalue weighted by molar-refractivity contribution is 5.97. The van der Waals surface area contributed by atoms with Gasteiger partial charge in [0.05, 0.1) is 6.54 Å². The lowest BCUT2D eigenvalue weighted by Crippen LogP contribution is -2.08. The van der Waals surface area contributed by atoms with Crippen LogP contribution in [0.2, 0.25) is 0 Å². The number of hydrogen-bond acceptors (Lipinski definition) is 4. The summed E-state index contributed by atoms with van der Waals surface area (Å²) in [5, 5.41) is 10.7. The fourth-order valence-electron chi connectivity index (χ4n) is 2.72. The van der Waals surface area contributed by atoms with Crippen LogP contribution in [0.1, 0.15) is 39.5 Å². The molecule has 1 aromatic heterocycles. The minimum absolute atomic E-state index is 0.0304. The topological polar surface area (TPSA) is 78.0 Å². The van der Waals surface area contributed by atoms with Gasteiger partial charge in [0.15, 0.2) is 5.78 Å². The number of hydrogen-bond donors (Lipinski definition) is 0. The molecule has 0 bridgehead atoms. The van der Waals surface area contributed by atoms with Gasteiger partial charge in [-0.15, -0.1) is 0 Å². The molecule has 0 amide bonds. The van der Waals surface area contributed by atoms with Gasteiger partial charge in [-0.1, -0.05) is 6.07 Å². The highest BCUT2D eigenvalue weighted by Gasteiger charge is 2.16. The molecule has 6 nitrogen and oxygen atoms in total. The van der Waals surface area contributed by atoms with Gasteiger partial charge in [0.2, 0.25) is 6.33 Å². The van der Waals surface area contributed by atoms with Crippen molar-refractivity contribution in [2.24, 2.45) is 0 Å². The molecule has 1 heterocycles. The van der Waals surface area contributed by atoms with Crippen LogP contribution in [0, 0.1) is 30.9 Å². The van der Waals surface area contributed by atoms with Crippen molar-refractivity contribution in [3.05, 3.63) is 56.5 Å². The first-order chi connectivity index (χ1) is 9.81. The summed E-state index contributed by atoms with van der Waals surface area (Å²) in [5.74, 6) is -0.146. The number of aryl methyl sites for hydroxylation is 2. The molecule has 0 fully saturated rings. The predicted molar refractivity (Wildman–Crippen MR) is 78.6 cm³/mol. The third kappa shape index (κ3) is 2.84. The van der Waals surface area contributed by atoms with E-state index in [1.54, 1.807) is 11.5 Å². The second kappa shape index (κ2) is 5.47. The molecular formula is C15H17N3O3. The van der Waals surface area contributed by atoms with Gasteiger partial charge in [-0.2, -0.15) is 0 Å². The molecule has 0 radical (unpaired) electrons. The first kappa shape index (κ1) is 14.9. The summed E-state index contributed by atoms with van der Waals surface area (Å²) in [5.41, 5.74) is 4.67. The second-order valence-corrected chi connectivity index (χ2v) is 5.21. The number of rotatable bonds is 4. The van der Waals surface area contributed by atoms with Crippen LogP contribution in [0.25, 0.3) is 0 Å². The number of nitro groups is 1. The van der Waals surface area contributed by atoms with Crippen molar-refractivity contribution in [2.75, 3.05) is 0 Å². The smallest absolute Gasteiger partial charge is 0.358 e. The second-order valence-electron chi connectivity index (χ2n) is 5.21. The van der Waals surface area contributed by atoms with Crippen molar-refractivity contribution in [3.8, 4) is 0 Å². The van der Waals surface area contributed by atoms with Gasteiger partial charge < -0.3 is 14.7 Å². The SMILES string of the molecule is CC(=O)c1c(C)cc(C)c(Cn2cnc([N+](=O)[O-])c2)c1C. The molecule has 2 rings (SSSR count). The van der Waals surface area contributed by atoms with E-state index in [1.807, 2.05) is 26.8 Å². The van der Waals surface area contributed by atoms with E-state index in [0.717, 1.165) is 27.8 Å². The fourth-order valence-corrected chi connectivity index (χ4v) is 2.72. The zero-order valence-electron chi connectivity index (χ0n) is 12.5. The summed E-state index contributed by atoms with van der Waals surface area (Å²) < 4.78 is 1.66. The average Bonchev–Trinajstić information content (AvgIpc) is 2.82. The summed E-state index contributed by atoms with van der Waals surface area (Å²) in [6.45, 7) is 7.82. The highest BCUT2D eigenvalue weighted by atomic mass is 16.6. The molecule has 0 atom stereocenters. The van der Waals surface area contributed by atoms with E-state index in [0.29, 0.717) is 6.54 Å². The van der Waals surface area contributed by atoms with Crippen LogP contribution >= 0.6 is 0 Å². The normalized spacial score (nSPS) is 10.7. The zero-order valence-corrected chi connectivity index (χ0v) is 12.5. The van der Waals surface area contributed by atoms with E-state index in [-0.39, 0.29) is 11.6 Å². The number of nitrogens with zero attached hydrogens (tertiary/aromatic N) is 3. The van der Waals surface area contributed by atoms with Gasteiger partial charge in [-0.25, -0.2) is 0 Å². The quantitative estimate of drug-likeness (QED) is 0.492. The lowest BCUT2D eigenvalue weighted by Gasteiger charge is -2.15. The summed E-state index contributed by atoms with van der Waals surface area (Å²) in [6.07, 6.45) is 2.83. The van der Waals surface area contributed by atoms with Gasteiger partial charge in [0.25, 0.3) is 0 Å². The Morgan fingerprint density at radius 3 is 2.52 bits per heavy atom. The van der Waals surface area contributed by atoms with Gasteiger partial charge >= 0.3 is 5.82 Å². The van der Waals surface area contributed by atoms with Crippen LogP contribution in [0.5, 0.6) is 0 Å². The van der Waals surface area contributed by atoms with E-state index in [4.69, 9.17) is 0 Å². The van der Waals surface area contributed by atoms with Crippen molar-refractivity contribution in [1.29, 1.82) is 0 Å². The van der Waals surface area contributed by atoms with E-state index in [2.05, 4.69) is 4.98 Å². The summed E-state index contributed by atoms with van der Waals surface area (Å²) in [7, 11) is 0. The standard InChI is InChI=1S/C15H17N3O3/c1-9-5-10(2)15(12(4)19)11(3)13(9)6-17-7-14(16-8-17)18(20)21/h5,7-8H,6H2,1-4H3. The lowest BCUT2D eigenvalue weighted by molar-refractivity contribution is -0.389. The third-order valence-corrected chi connectivity index (χ3v) is 3.63. The number of Topliss-reactive ketones (excluding diaryl/α,β-unsaturated/α-hetero) is 1. The Bertz CT molecular complexity index is 732. The predicted octanol–water partition coefficient (Wildman–Crippen LogP) is 2.97. The van der Waals surface area contributed by atoms with Gasteiger partial charge in [0.1, 0.15) is 6.20 Å². The van der Waals surface area contributed by atoms with Crippen LogP contribution < -0.4 is 0 Å². The van der Waals surface area contributed by atoms with Crippen LogP contribution in [0.15, 0.2) is 18.6 Å². The summed E-state index contributed by atoms with van der Waals surface area (Å²) in [4.78, 5) is 25.7. The van der Waals surface area contributed by atoms with Crippen LogP contribution in [-0.2, 0) is 6.54 Å². The summed E-state index contributed by atoms with van der Waals surface area (Å²) >= 11 is 0. The molecule has 0 saturated heterocycles. The molecule has 0 N–H and O–H groups in total. The molecule has 6 heteroatoms. The Hall–Kier alpha value is -2.50. The number of carbonyl (C=O) groups is 1. The van der Waals surface area contributed by atoms with Crippen molar-refractivity contribution in [3.63, 3.8) is 0 Å². The molecule has 1 aromatic carbocycles. The third-order valence-electron chi connectivity index (χ3n) is 3.63. The van der Waals surface area contributed by atoms with Gasteiger partial charge in [0, 0.05) is 5.56 Å². The molecule has 0 spiro atoms. The summed E-state index contributed by atoms with van der Waals surface area (Å²) in [6, 6.07) is 1.98. The first-order valence-corrected chi connectivity index (χ1v) is 6.58. The Morgan fingerprint density at radius 1 is 1.33 bits per heavy atom. The molecule has 0 unspecified atom stereocenters. The molecule has 0 aliphatic heterocycles. The fraction of sp³-hybridized carbons (Fsp3) is 0.333. The van der Waals surface area contributed by atoms with Crippen molar-refractivity contribution < 1.29 is 9.72 Å². The minimum atomic E-state index is -0.521. The van der Waals surface area contributed by atoms with Gasteiger partial charge in [-0.05, 0) is 59.9 Å². The molecule has 21 heavy (non-hydrogen) atoms. The molecule has 2 aromatic rings. The molecular weight excluding hydrogens is 270 g/mol. The highest BCUT2D eigenvalue weighted by Crippen LogP contribution is 2.24. The van der Waals surface area contributed by atoms with E-state index < -0.39 is 4.92 Å². The average molecular weight is 287 g/mol. The Kier molecular flexibility index (Phi) is 3.88. The number of ketones is 1. The van der Waals surface area contributed by atoms with Crippen LogP contribution in [0.3, 0.4) is 0 Å². The van der Waals surface area contributed by atoms with Crippen molar-refractivity contribution in [2.45, 2.75) is 34.2 Å². The first-order valence-electron chi connectivity index (χ1n) is 6.58. The molecule has 0 saturated carbocycles. The number of benzene rings is 1. The van der Waals surface area contributed by atoms with E-state index >= 15 is 0 Å². The largest absolute Gasteiger partial charge is 0.381 e. The lowest BCUT2D eigenvalue weighted by atomic mass is 9.91. The molecule has 0 aliphatic rings. The maximum Gasteiger partial charge on any atom is 0.381 e. The minimum Gasteiger partial charge on any atom is -0.358 e. The van der Waals surface area contributed by atoms with Crippen molar-refractivity contribution >= 4 is 11.6 Å². The molecule has 0 aliphatic carbocycles. The number of aromatic nitrogens is 2. The Morgan fingerprint density at radius 2 is 2.00 bits per heavy atom. The monoisotopic (exact) mass is 287 g/mol. The van der Waals surface area contributed by atoms with Crippen LogP contribution in [-0.4, -0.2) is 20.3 Å². The Balaban J connectivity index is 2.46. The van der Waals surface area contributed by atoms with Crippen molar-refractivity contribution in [1.82, 2.24) is 9.55 Å². The number of imidazole rings is 1. The number of carbonyl (C=O) groups excluding carboxylic acids is 1. The zero-order chi connectivity index (χ0) is 15.7. The van der Waals surface area contributed by atoms with Crippen LogP contribution in [0.4, 0.5) is 5.82 Å². The molecule has 110 valence electrons. The van der Waals surface area contributed by atoms with Gasteiger partial charge in [-0.3, -0.25) is 4.79 Å². The Labute approximate surface area is 122 Å². The maximum absolute atomic E-state index is 11.8. The maximum atomic E-state index is 11.8. The van der Waals surface area contributed by atoms with E-state index in [9.17, 15) is 14.9 Å². The van der Waals surface area contributed by atoms with E-state index in [1.165, 1.54) is 12.5 Å².